The lowest BCUT2D eigenvalue weighted by Crippen LogP contribution is -2.31. The highest BCUT2D eigenvalue weighted by atomic mass is 19.1. The van der Waals surface area contributed by atoms with E-state index in [1.165, 1.54) is 6.07 Å². The van der Waals surface area contributed by atoms with Crippen molar-refractivity contribution in [1.82, 2.24) is 20.2 Å². The van der Waals surface area contributed by atoms with E-state index in [1.807, 2.05) is 41.3 Å². The summed E-state index contributed by atoms with van der Waals surface area (Å²) in [6, 6.07) is 19.5. The Balaban J connectivity index is 1.35. The van der Waals surface area contributed by atoms with Crippen LogP contribution in [0.1, 0.15) is 57.6 Å². The zero-order valence-electron chi connectivity index (χ0n) is 19.4. The number of rotatable bonds is 7. The average Bonchev–Trinajstić information content (AvgIpc) is 3.53. The van der Waals surface area contributed by atoms with Crippen LogP contribution in [-0.2, 0) is 13.0 Å². The van der Waals surface area contributed by atoms with Crippen molar-refractivity contribution in [3.8, 4) is 5.75 Å². The van der Waals surface area contributed by atoms with Gasteiger partial charge in [-0.25, -0.2) is 9.02 Å². The summed E-state index contributed by atoms with van der Waals surface area (Å²) in [5, 5.41) is 7.60. The topological polar surface area (TPSA) is 81.3 Å². The van der Waals surface area contributed by atoms with Gasteiger partial charge in [0, 0.05) is 18.7 Å². The van der Waals surface area contributed by atoms with Crippen LogP contribution in [0.15, 0.2) is 71.4 Å². The summed E-state index contributed by atoms with van der Waals surface area (Å²) >= 11 is 0. The number of carbonyl (C=O) groups is 1. The predicted octanol–water partition coefficient (Wildman–Crippen LogP) is 5.06. The van der Waals surface area contributed by atoms with Gasteiger partial charge in [0.1, 0.15) is 29.6 Å². The third-order valence-corrected chi connectivity index (χ3v) is 6.24. The molecule has 0 aliphatic carbocycles. The van der Waals surface area contributed by atoms with E-state index in [2.05, 4.69) is 10.3 Å². The molecule has 35 heavy (non-hydrogen) atoms. The number of pyridine rings is 1. The molecule has 0 radical (unpaired) electrons. The molecule has 2 aromatic carbocycles. The third kappa shape index (κ3) is 4.91. The molecule has 1 aliphatic heterocycles. The third-order valence-electron chi connectivity index (χ3n) is 6.24. The average molecular weight is 473 g/mol. The molecule has 0 N–H and O–H groups in total. The fourth-order valence-electron chi connectivity index (χ4n) is 4.39. The number of amides is 1. The molecule has 0 saturated carbocycles. The van der Waals surface area contributed by atoms with Gasteiger partial charge in [-0.3, -0.25) is 9.78 Å². The Morgan fingerprint density at radius 3 is 2.74 bits per heavy atom. The van der Waals surface area contributed by atoms with Gasteiger partial charge < -0.3 is 9.64 Å². The van der Waals surface area contributed by atoms with Crippen molar-refractivity contribution in [2.75, 3.05) is 6.54 Å². The Hall–Kier alpha value is -4.07. The molecule has 2 aromatic heterocycles. The van der Waals surface area contributed by atoms with Gasteiger partial charge in [0.05, 0.1) is 17.3 Å². The van der Waals surface area contributed by atoms with E-state index in [0.717, 1.165) is 24.2 Å². The number of ether oxygens (including phenoxy) is 1. The second kappa shape index (κ2) is 10.0. The van der Waals surface area contributed by atoms with E-state index in [-0.39, 0.29) is 24.4 Å². The summed E-state index contributed by atoms with van der Waals surface area (Å²) < 4.78 is 24.8. The summed E-state index contributed by atoms with van der Waals surface area (Å²) in [5.41, 5.74) is 3.90. The van der Waals surface area contributed by atoms with E-state index in [9.17, 15) is 9.18 Å². The highest BCUT2D eigenvalue weighted by Gasteiger charge is 2.33. The molecule has 1 aliphatic rings. The quantitative estimate of drug-likeness (QED) is 0.374. The minimum Gasteiger partial charge on any atom is -0.486 e. The van der Waals surface area contributed by atoms with E-state index < -0.39 is 0 Å². The maximum atomic E-state index is 14.1. The lowest BCUT2D eigenvalue weighted by Gasteiger charge is -2.25. The fourth-order valence-corrected chi connectivity index (χ4v) is 4.39. The zero-order valence-corrected chi connectivity index (χ0v) is 19.4. The molecule has 5 rings (SSSR count). The van der Waals surface area contributed by atoms with Crippen LogP contribution in [-0.4, -0.2) is 32.6 Å². The van der Waals surface area contributed by atoms with Gasteiger partial charge in [0.15, 0.2) is 0 Å². The Morgan fingerprint density at radius 1 is 1.09 bits per heavy atom. The number of benzene rings is 2. The van der Waals surface area contributed by atoms with Crippen LogP contribution < -0.4 is 4.74 Å². The molecule has 4 aromatic rings. The zero-order chi connectivity index (χ0) is 24.2. The Morgan fingerprint density at radius 2 is 1.91 bits per heavy atom. The van der Waals surface area contributed by atoms with Crippen LogP contribution in [0.25, 0.3) is 0 Å². The van der Waals surface area contributed by atoms with Crippen LogP contribution in [0.3, 0.4) is 0 Å². The SMILES string of the molecule is Cc1nonc1COc1ccccc1C(=O)N1CCC[C@@H]1c1cccc(Cc2ccccc2F)n1. The number of para-hydroxylation sites is 1. The molecular weight excluding hydrogens is 447 g/mol. The van der Waals surface area contributed by atoms with Gasteiger partial charge in [-0.2, -0.15) is 0 Å². The smallest absolute Gasteiger partial charge is 0.258 e. The molecule has 0 spiro atoms. The maximum Gasteiger partial charge on any atom is 0.258 e. The molecule has 0 unspecified atom stereocenters. The van der Waals surface area contributed by atoms with E-state index in [4.69, 9.17) is 14.3 Å². The lowest BCUT2D eigenvalue weighted by atomic mass is 10.1. The number of aryl methyl sites for hydroxylation is 1. The van der Waals surface area contributed by atoms with Crippen molar-refractivity contribution in [3.63, 3.8) is 0 Å². The fraction of sp³-hybridized carbons (Fsp3) is 0.259. The van der Waals surface area contributed by atoms with Crippen molar-refractivity contribution in [3.05, 3.63) is 106 Å². The molecule has 0 bridgehead atoms. The first-order chi connectivity index (χ1) is 17.1. The van der Waals surface area contributed by atoms with E-state index in [1.54, 1.807) is 31.2 Å². The summed E-state index contributed by atoms with van der Waals surface area (Å²) in [6.45, 7) is 2.57. The van der Waals surface area contributed by atoms with Crippen molar-refractivity contribution in [2.24, 2.45) is 0 Å². The van der Waals surface area contributed by atoms with Crippen molar-refractivity contribution in [2.45, 2.75) is 38.8 Å². The number of carbonyl (C=O) groups excluding carboxylic acids is 1. The normalized spacial score (nSPS) is 15.4. The second-order valence-corrected chi connectivity index (χ2v) is 8.56. The van der Waals surface area contributed by atoms with Gasteiger partial charge in [-0.15, -0.1) is 0 Å². The van der Waals surface area contributed by atoms with Crippen molar-refractivity contribution in [1.29, 1.82) is 0 Å². The summed E-state index contributed by atoms with van der Waals surface area (Å²) in [6.07, 6.45) is 2.09. The van der Waals surface area contributed by atoms with Gasteiger partial charge in [0.2, 0.25) is 0 Å². The summed E-state index contributed by atoms with van der Waals surface area (Å²) in [7, 11) is 0. The van der Waals surface area contributed by atoms with Gasteiger partial charge in [-0.1, -0.05) is 46.7 Å². The number of nitrogens with zero attached hydrogens (tertiary/aromatic N) is 4. The first-order valence-electron chi connectivity index (χ1n) is 11.6. The molecule has 7 nitrogen and oxygen atoms in total. The first-order valence-corrected chi connectivity index (χ1v) is 11.6. The largest absolute Gasteiger partial charge is 0.486 e. The molecule has 1 amide bonds. The van der Waals surface area contributed by atoms with Gasteiger partial charge >= 0.3 is 0 Å². The maximum absolute atomic E-state index is 14.1. The number of likely N-dealkylation sites (tertiary alicyclic amines) is 1. The summed E-state index contributed by atoms with van der Waals surface area (Å²) in [5.74, 6) is 0.122. The van der Waals surface area contributed by atoms with E-state index >= 15 is 0 Å². The van der Waals surface area contributed by atoms with Crippen molar-refractivity contribution >= 4 is 5.91 Å². The standard InChI is InChI=1S/C27H25FN4O3/c1-18-24(31-35-30-18)17-34-26-14-5-3-10-21(26)27(33)32-15-7-13-25(32)23-12-6-9-20(29-23)16-19-8-2-4-11-22(19)28/h2-6,8-12,14,25H,7,13,15-17H2,1H3/t25-/m1/s1. The minimum absolute atomic E-state index is 0.112. The van der Waals surface area contributed by atoms with Crippen LogP contribution in [0.2, 0.25) is 0 Å². The van der Waals surface area contributed by atoms with Crippen molar-refractivity contribution < 1.29 is 18.6 Å². The number of hydrogen-bond donors (Lipinski definition) is 0. The second-order valence-electron chi connectivity index (χ2n) is 8.56. The van der Waals surface area contributed by atoms with Crippen LogP contribution in [0.4, 0.5) is 4.39 Å². The Bertz CT molecular complexity index is 1340. The highest BCUT2D eigenvalue weighted by molar-refractivity contribution is 5.97. The van der Waals surface area contributed by atoms with Crippen LogP contribution >= 0.6 is 0 Å². The number of aromatic nitrogens is 3. The van der Waals surface area contributed by atoms with E-state index in [0.29, 0.717) is 41.2 Å². The molecule has 1 fully saturated rings. The molecule has 1 atom stereocenters. The van der Waals surface area contributed by atoms with Gasteiger partial charge in [-0.05, 0) is 55.7 Å². The molecular formula is C27H25FN4O3. The molecule has 8 heteroatoms. The summed E-state index contributed by atoms with van der Waals surface area (Å²) in [4.78, 5) is 20.3. The van der Waals surface area contributed by atoms with Gasteiger partial charge in [0.25, 0.3) is 5.91 Å². The molecule has 178 valence electrons. The number of hydrogen-bond acceptors (Lipinski definition) is 6. The first kappa shape index (κ1) is 22.7. The Labute approximate surface area is 202 Å². The van der Waals surface area contributed by atoms with Crippen LogP contribution in [0.5, 0.6) is 5.75 Å². The van der Waals surface area contributed by atoms with Crippen LogP contribution in [0, 0.1) is 12.7 Å². The molecule has 3 heterocycles. The minimum atomic E-state index is -0.245. The predicted molar refractivity (Wildman–Crippen MR) is 126 cm³/mol. The Kier molecular flexibility index (Phi) is 6.52. The monoisotopic (exact) mass is 472 g/mol. The lowest BCUT2D eigenvalue weighted by molar-refractivity contribution is 0.0727. The number of halogens is 1. The highest BCUT2D eigenvalue weighted by Crippen LogP contribution is 2.34. The molecule has 1 saturated heterocycles.